The van der Waals surface area contributed by atoms with Gasteiger partial charge in [0, 0.05) is 11.3 Å². The van der Waals surface area contributed by atoms with Gasteiger partial charge in [0.25, 0.3) is 0 Å². The molecule has 7 nitrogen and oxygen atoms in total. The molecular formula is C9H9N4O3-. The maximum absolute atomic E-state index is 10.8. The van der Waals surface area contributed by atoms with Gasteiger partial charge in [-0.05, 0) is 6.07 Å². The van der Waals surface area contributed by atoms with E-state index in [9.17, 15) is 14.7 Å². The van der Waals surface area contributed by atoms with E-state index >= 15 is 0 Å². The highest BCUT2D eigenvalue weighted by molar-refractivity contribution is 6.42. The molecule has 0 heterocycles. The molecule has 0 saturated heterocycles. The van der Waals surface area contributed by atoms with Gasteiger partial charge in [0.15, 0.2) is 0 Å². The fourth-order valence-corrected chi connectivity index (χ4v) is 1.04. The van der Waals surface area contributed by atoms with Gasteiger partial charge in [-0.1, -0.05) is 18.2 Å². The summed E-state index contributed by atoms with van der Waals surface area (Å²) < 4.78 is 0. The smallest absolute Gasteiger partial charge is 0.332 e. The lowest BCUT2D eigenvalue weighted by molar-refractivity contribution is -0.294. The Balaban J connectivity index is 3.13. The number of hydrazone groups is 1. The van der Waals surface area contributed by atoms with E-state index < -0.39 is 17.7 Å². The molecule has 0 radical (unpaired) electrons. The highest BCUT2D eigenvalue weighted by Crippen LogP contribution is 2.11. The summed E-state index contributed by atoms with van der Waals surface area (Å²) >= 11 is 0. The third-order valence-electron chi connectivity index (χ3n) is 1.69. The molecule has 84 valence electrons. The van der Waals surface area contributed by atoms with Crippen LogP contribution in [0, 0.1) is 0 Å². The lowest BCUT2D eigenvalue weighted by atomic mass is 10.1. The average Bonchev–Trinajstić information content (AvgIpc) is 2.20. The van der Waals surface area contributed by atoms with E-state index in [2.05, 4.69) is 5.10 Å². The number of benzene rings is 1. The predicted molar refractivity (Wildman–Crippen MR) is 55.1 cm³/mol. The van der Waals surface area contributed by atoms with Crippen LogP contribution in [-0.4, -0.2) is 17.7 Å². The number of nitrogens with two attached hydrogens (primary N) is 2. The number of hydrogen-bond acceptors (Lipinski definition) is 5. The highest BCUT2D eigenvalue weighted by Gasteiger charge is 2.08. The number of para-hydroxylation sites is 1. The summed E-state index contributed by atoms with van der Waals surface area (Å²) in [6.45, 7) is 0. The average molecular weight is 221 g/mol. The Kier molecular flexibility index (Phi) is 3.44. The van der Waals surface area contributed by atoms with Crippen molar-refractivity contribution < 1.29 is 14.7 Å². The molecule has 0 fully saturated rings. The van der Waals surface area contributed by atoms with Gasteiger partial charge in [-0.15, -0.1) is 0 Å². The van der Waals surface area contributed by atoms with Gasteiger partial charge in [0.1, 0.15) is 5.71 Å². The molecule has 0 aliphatic heterocycles. The lowest BCUT2D eigenvalue weighted by Crippen LogP contribution is -2.36. The molecule has 0 aromatic heterocycles. The topological polar surface area (TPSA) is 134 Å². The molecule has 0 saturated carbocycles. The largest absolute Gasteiger partial charge is 0.543 e. The minimum atomic E-state index is -1.56. The number of hydrogen-bond donors (Lipinski definition) is 3. The van der Waals surface area contributed by atoms with E-state index in [4.69, 9.17) is 11.5 Å². The Morgan fingerprint density at radius 3 is 2.44 bits per heavy atom. The standard InChI is InChI=1S/C9H10N4O3/c10-6-4-2-1-3-5(6)7(8(14)15)12-13-9(11)16/h1-4H,10H2,(H,14,15)(H3,11,13,16)/p-1/b12-7+. The number of aliphatic carboxylic acids is 1. The highest BCUT2D eigenvalue weighted by atomic mass is 16.4. The number of nitrogens with one attached hydrogen (secondary N) is 1. The molecule has 2 amide bonds. The molecular weight excluding hydrogens is 212 g/mol. The number of anilines is 1. The summed E-state index contributed by atoms with van der Waals surface area (Å²) in [6.07, 6.45) is 0. The SMILES string of the molecule is NC(=O)N/N=C(/C(=O)[O-])c1ccccc1N. The van der Waals surface area contributed by atoms with Crippen LogP contribution in [0.15, 0.2) is 29.4 Å². The first-order valence-corrected chi connectivity index (χ1v) is 4.21. The van der Waals surface area contributed by atoms with Crippen LogP contribution in [-0.2, 0) is 4.79 Å². The van der Waals surface area contributed by atoms with E-state index in [1.165, 1.54) is 12.1 Å². The monoisotopic (exact) mass is 221 g/mol. The normalized spacial score (nSPS) is 10.9. The van der Waals surface area contributed by atoms with Crippen LogP contribution in [0.3, 0.4) is 0 Å². The van der Waals surface area contributed by atoms with Gasteiger partial charge in [0.05, 0.1) is 5.97 Å². The number of primary amides is 1. The molecule has 0 aliphatic rings. The Hall–Kier alpha value is -2.57. The van der Waals surface area contributed by atoms with Crippen molar-refractivity contribution in [1.82, 2.24) is 5.43 Å². The zero-order valence-corrected chi connectivity index (χ0v) is 8.14. The molecule has 0 unspecified atom stereocenters. The van der Waals surface area contributed by atoms with Crippen LogP contribution >= 0.6 is 0 Å². The van der Waals surface area contributed by atoms with Crippen molar-refractivity contribution in [2.24, 2.45) is 10.8 Å². The predicted octanol–water partition coefficient (Wildman–Crippen LogP) is -1.61. The Morgan fingerprint density at radius 1 is 1.31 bits per heavy atom. The minimum Gasteiger partial charge on any atom is -0.543 e. The quantitative estimate of drug-likeness (QED) is 0.321. The van der Waals surface area contributed by atoms with E-state index in [1.54, 1.807) is 17.6 Å². The van der Waals surface area contributed by atoms with E-state index in [0.717, 1.165) is 0 Å². The van der Waals surface area contributed by atoms with E-state index in [-0.39, 0.29) is 11.3 Å². The minimum absolute atomic E-state index is 0.149. The number of nitrogens with zero attached hydrogens (tertiary/aromatic N) is 1. The number of carbonyl (C=O) groups is 2. The zero-order valence-electron chi connectivity index (χ0n) is 8.14. The number of carboxylic acid groups (broad SMARTS) is 1. The van der Waals surface area contributed by atoms with Gasteiger partial charge in [-0.3, -0.25) is 0 Å². The number of carbonyl (C=O) groups excluding carboxylic acids is 2. The van der Waals surface area contributed by atoms with E-state index in [0.29, 0.717) is 0 Å². The summed E-state index contributed by atoms with van der Waals surface area (Å²) in [7, 11) is 0. The molecule has 1 aromatic carbocycles. The van der Waals surface area contributed by atoms with Crippen LogP contribution in [0.2, 0.25) is 0 Å². The van der Waals surface area contributed by atoms with Crippen LogP contribution in [0.4, 0.5) is 10.5 Å². The Labute approximate surface area is 90.7 Å². The Bertz CT molecular complexity index is 456. The number of urea groups is 1. The van der Waals surface area contributed by atoms with Gasteiger partial charge in [-0.2, -0.15) is 5.10 Å². The molecule has 0 aliphatic carbocycles. The third-order valence-corrected chi connectivity index (χ3v) is 1.69. The summed E-state index contributed by atoms with van der Waals surface area (Å²) in [5.74, 6) is -1.56. The van der Waals surface area contributed by atoms with Gasteiger partial charge in [0.2, 0.25) is 0 Å². The van der Waals surface area contributed by atoms with Crippen LogP contribution in [0.25, 0.3) is 0 Å². The van der Waals surface area contributed by atoms with Crippen molar-refractivity contribution in [3.05, 3.63) is 29.8 Å². The molecule has 0 atom stereocenters. The molecule has 16 heavy (non-hydrogen) atoms. The number of nitrogen functional groups attached to an aromatic ring is 1. The van der Waals surface area contributed by atoms with Crippen molar-refractivity contribution >= 4 is 23.4 Å². The first-order valence-electron chi connectivity index (χ1n) is 4.21. The summed E-state index contributed by atoms with van der Waals surface area (Å²) in [6, 6.07) is 5.17. The molecule has 0 bridgehead atoms. The fraction of sp³-hybridized carbons (Fsp3) is 0. The molecule has 5 N–H and O–H groups in total. The van der Waals surface area contributed by atoms with Crippen molar-refractivity contribution in [2.75, 3.05) is 5.73 Å². The first kappa shape index (κ1) is 11.5. The van der Waals surface area contributed by atoms with Crippen molar-refractivity contribution in [3.63, 3.8) is 0 Å². The van der Waals surface area contributed by atoms with Gasteiger partial charge >= 0.3 is 6.03 Å². The second-order valence-electron chi connectivity index (χ2n) is 2.81. The lowest BCUT2D eigenvalue weighted by Gasteiger charge is -2.09. The second-order valence-corrected chi connectivity index (χ2v) is 2.81. The van der Waals surface area contributed by atoms with Crippen LogP contribution < -0.4 is 22.0 Å². The summed E-state index contributed by atoms with van der Waals surface area (Å²) in [5.41, 5.74) is 12.0. The molecule has 1 aromatic rings. The fourth-order valence-electron chi connectivity index (χ4n) is 1.04. The van der Waals surface area contributed by atoms with Crippen molar-refractivity contribution in [3.8, 4) is 0 Å². The summed E-state index contributed by atoms with van der Waals surface area (Å²) in [4.78, 5) is 21.2. The van der Waals surface area contributed by atoms with Gasteiger partial charge < -0.3 is 21.4 Å². The van der Waals surface area contributed by atoms with Crippen molar-refractivity contribution in [2.45, 2.75) is 0 Å². The van der Waals surface area contributed by atoms with E-state index in [1.807, 2.05) is 0 Å². The number of amides is 2. The number of carboxylic acids is 1. The number of rotatable bonds is 3. The molecule has 0 spiro atoms. The maximum Gasteiger partial charge on any atom is 0.332 e. The van der Waals surface area contributed by atoms with Crippen molar-refractivity contribution in [1.29, 1.82) is 0 Å². The van der Waals surface area contributed by atoms with Crippen LogP contribution in [0.5, 0.6) is 0 Å². The molecule has 1 rings (SSSR count). The second kappa shape index (κ2) is 4.78. The summed E-state index contributed by atoms with van der Waals surface area (Å²) in [5, 5.41) is 14.1. The molecule has 7 heteroatoms. The zero-order chi connectivity index (χ0) is 12.1. The Morgan fingerprint density at radius 2 is 1.94 bits per heavy atom. The first-order chi connectivity index (χ1) is 7.52. The maximum atomic E-state index is 10.8. The van der Waals surface area contributed by atoms with Crippen LogP contribution in [0.1, 0.15) is 5.56 Å². The van der Waals surface area contributed by atoms with Gasteiger partial charge in [-0.25, -0.2) is 10.2 Å². The third kappa shape index (κ3) is 2.71.